The molecule has 7 nitrogen and oxygen atoms in total. The fourth-order valence-electron chi connectivity index (χ4n) is 4.03. The van der Waals surface area contributed by atoms with E-state index in [0.717, 1.165) is 15.4 Å². The van der Waals surface area contributed by atoms with Crippen LogP contribution in [0.1, 0.15) is 30.0 Å². The van der Waals surface area contributed by atoms with Crippen molar-refractivity contribution < 1.29 is 18.0 Å². The van der Waals surface area contributed by atoms with Crippen molar-refractivity contribution in [1.29, 1.82) is 0 Å². The van der Waals surface area contributed by atoms with Crippen molar-refractivity contribution in [2.45, 2.75) is 44.2 Å². The number of carbonyl (C=O) groups is 2. The zero-order valence-electron chi connectivity index (χ0n) is 22.2. The number of likely N-dealkylation sites (N-methyl/N-ethyl adjacent to an activating group) is 1. The molecule has 1 atom stereocenters. The lowest BCUT2D eigenvalue weighted by Crippen LogP contribution is -2.53. The van der Waals surface area contributed by atoms with Gasteiger partial charge in [-0.3, -0.25) is 9.59 Å². The number of benzene rings is 3. The molecule has 0 radical (unpaired) electrons. The molecule has 39 heavy (non-hydrogen) atoms. The Morgan fingerprint density at radius 2 is 1.54 bits per heavy atom. The third-order valence-electron chi connectivity index (χ3n) is 6.30. The van der Waals surface area contributed by atoms with Gasteiger partial charge in [-0.15, -0.1) is 0 Å². The maximum absolute atomic E-state index is 13.9. The quantitative estimate of drug-likeness (QED) is 0.319. The summed E-state index contributed by atoms with van der Waals surface area (Å²) in [7, 11) is -2.62. The SMILES string of the molecule is CCCNC(=O)C(Cc1ccccc1)N(Cc1c(Cl)cccc1Cl)C(=O)CN(C)S(=O)(=O)c1ccc(C)cc1. The van der Waals surface area contributed by atoms with Crippen LogP contribution in [0.15, 0.2) is 77.7 Å². The van der Waals surface area contributed by atoms with Gasteiger partial charge in [-0.2, -0.15) is 4.31 Å². The van der Waals surface area contributed by atoms with Crippen LogP contribution in [-0.2, 0) is 32.6 Å². The Bertz CT molecular complexity index is 1360. The predicted molar refractivity (Wildman–Crippen MR) is 155 cm³/mol. The van der Waals surface area contributed by atoms with E-state index >= 15 is 0 Å². The van der Waals surface area contributed by atoms with Gasteiger partial charge in [-0.1, -0.05) is 84.2 Å². The van der Waals surface area contributed by atoms with Crippen molar-refractivity contribution in [3.05, 3.63) is 99.5 Å². The Hall–Kier alpha value is -2.91. The largest absolute Gasteiger partial charge is 0.354 e. The molecule has 3 rings (SSSR count). The fourth-order valence-corrected chi connectivity index (χ4v) is 5.67. The number of halogens is 2. The molecule has 0 aliphatic rings. The van der Waals surface area contributed by atoms with Crippen LogP contribution in [0.25, 0.3) is 0 Å². The summed E-state index contributed by atoms with van der Waals surface area (Å²) in [6.45, 7) is 3.67. The van der Waals surface area contributed by atoms with Crippen LogP contribution in [0.2, 0.25) is 10.0 Å². The second kappa shape index (κ2) is 13.9. The van der Waals surface area contributed by atoms with E-state index in [9.17, 15) is 18.0 Å². The highest BCUT2D eigenvalue weighted by Crippen LogP contribution is 2.27. The lowest BCUT2D eigenvalue weighted by Gasteiger charge is -2.33. The first-order valence-electron chi connectivity index (χ1n) is 12.6. The number of rotatable bonds is 12. The summed E-state index contributed by atoms with van der Waals surface area (Å²) in [5.41, 5.74) is 2.23. The minimum absolute atomic E-state index is 0.0747. The van der Waals surface area contributed by atoms with E-state index in [1.54, 1.807) is 30.3 Å². The van der Waals surface area contributed by atoms with Gasteiger partial charge in [-0.05, 0) is 43.2 Å². The summed E-state index contributed by atoms with van der Waals surface area (Å²) in [6, 6.07) is 19.8. The molecular weight excluding hydrogens is 557 g/mol. The van der Waals surface area contributed by atoms with E-state index in [4.69, 9.17) is 23.2 Å². The van der Waals surface area contributed by atoms with Crippen molar-refractivity contribution in [1.82, 2.24) is 14.5 Å². The third-order valence-corrected chi connectivity index (χ3v) is 8.82. The van der Waals surface area contributed by atoms with Gasteiger partial charge in [0.25, 0.3) is 0 Å². The van der Waals surface area contributed by atoms with Crippen LogP contribution in [0.3, 0.4) is 0 Å². The summed E-state index contributed by atoms with van der Waals surface area (Å²) in [5, 5.41) is 3.57. The highest BCUT2D eigenvalue weighted by molar-refractivity contribution is 7.89. The van der Waals surface area contributed by atoms with E-state index in [-0.39, 0.29) is 23.8 Å². The molecular formula is C29H33Cl2N3O4S. The van der Waals surface area contributed by atoms with Crippen molar-refractivity contribution in [2.75, 3.05) is 20.1 Å². The molecule has 0 aliphatic heterocycles. The summed E-state index contributed by atoms with van der Waals surface area (Å²) >= 11 is 12.9. The highest BCUT2D eigenvalue weighted by Gasteiger charge is 2.33. The molecule has 0 saturated heterocycles. The van der Waals surface area contributed by atoms with Crippen molar-refractivity contribution in [2.24, 2.45) is 0 Å². The standard InChI is InChI=1S/C29H33Cl2N3O4S/c1-4-17-32-29(36)27(18-22-9-6-5-7-10-22)34(19-24-25(30)11-8-12-26(24)31)28(35)20-33(3)39(37,38)23-15-13-21(2)14-16-23/h5-16,27H,4,17-20H2,1-3H3,(H,32,36). The number of amides is 2. The molecule has 1 unspecified atom stereocenters. The molecule has 0 aliphatic carbocycles. The average Bonchev–Trinajstić information content (AvgIpc) is 2.91. The molecule has 0 bridgehead atoms. The van der Waals surface area contributed by atoms with E-state index in [2.05, 4.69) is 5.32 Å². The Labute approximate surface area is 240 Å². The Kier molecular flexibility index (Phi) is 10.9. The molecule has 0 spiro atoms. The molecule has 10 heteroatoms. The van der Waals surface area contributed by atoms with Crippen LogP contribution in [0.4, 0.5) is 0 Å². The first kappa shape index (κ1) is 30.6. The summed E-state index contributed by atoms with van der Waals surface area (Å²) < 4.78 is 27.5. The van der Waals surface area contributed by atoms with E-state index in [1.165, 1.54) is 24.1 Å². The number of hydrogen-bond acceptors (Lipinski definition) is 4. The van der Waals surface area contributed by atoms with E-state index in [1.807, 2.05) is 44.2 Å². The summed E-state index contributed by atoms with van der Waals surface area (Å²) in [4.78, 5) is 28.8. The highest BCUT2D eigenvalue weighted by atomic mass is 35.5. The van der Waals surface area contributed by atoms with Crippen molar-refractivity contribution in [3.8, 4) is 0 Å². The lowest BCUT2D eigenvalue weighted by atomic mass is 10.0. The number of carbonyl (C=O) groups excluding carboxylic acids is 2. The molecule has 3 aromatic carbocycles. The van der Waals surface area contributed by atoms with Gasteiger partial charge in [0.05, 0.1) is 11.4 Å². The van der Waals surface area contributed by atoms with Crippen LogP contribution in [0, 0.1) is 6.92 Å². The van der Waals surface area contributed by atoms with Crippen molar-refractivity contribution in [3.63, 3.8) is 0 Å². The smallest absolute Gasteiger partial charge is 0.243 e. The molecule has 0 heterocycles. The minimum atomic E-state index is -3.96. The number of hydrogen-bond donors (Lipinski definition) is 1. The average molecular weight is 591 g/mol. The van der Waals surface area contributed by atoms with Crippen LogP contribution >= 0.6 is 23.2 Å². The van der Waals surface area contributed by atoms with Crippen LogP contribution < -0.4 is 5.32 Å². The molecule has 0 fully saturated rings. The molecule has 208 valence electrons. The molecule has 0 aromatic heterocycles. The van der Waals surface area contributed by atoms with E-state index in [0.29, 0.717) is 28.6 Å². The molecule has 1 N–H and O–H groups in total. The van der Waals surface area contributed by atoms with Gasteiger partial charge in [0.2, 0.25) is 21.8 Å². The van der Waals surface area contributed by atoms with E-state index < -0.39 is 28.5 Å². The topological polar surface area (TPSA) is 86.8 Å². The Balaban J connectivity index is 2.00. The second-order valence-electron chi connectivity index (χ2n) is 9.29. The molecule has 0 saturated carbocycles. The summed E-state index contributed by atoms with van der Waals surface area (Å²) in [5.74, 6) is -0.905. The van der Waals surface area contributed by atoms with Gasteiger partial charge in [-0.25, -0.2) is 8.42 Å². The Morgan fingerprint density at radius 3 is 2.13 bits per heavy atom. The molecule has 2 amide bonds. The third kappa shape index (κ3) is 8.05. The first-order valence-corrected chi connectivity index (χ1v) is 14.8. The van der Waals surface area contributed by atoms with Gasteiger partial charge >= 0.3 is 0 Å². The van der Waals surface area contributed by atoms with Gasteiger partial charge in [0, 0.05) is 42.2 Å². The second-order valence-corrected chi connectivity index (χ2v) is 12.2. The zero-order chi connectivity index (χ0) is 28.6. The van der Waals surface area contributed by atoms with Gasteiger partial charge in [0.1, 0.15) is 6.04 Å². The number of aryl methyl sites for hydroxylation is 1. The van der Waals surface area contributed by atoms with Crippen molar-refractivity contribution >= 4 is 45.0 Å². The number of sulfonamides is 1. The maximum Gasteiger partial charge on any atom is 0.243 e. The number of nitrogens with zero attached hydrogens (tertiary/aromatic N) is 2. The summed E-state index contributed by atoms with van der Waals surface area (Å²) in [6.07, 6.45) is 0.935. The minimum Gasteiger partial charge on any atom is -0.354 e. The zero-order valence-corrected chi connectivity index (χ0v) is 24.6. The molecule has 3 aromatic rings. The maximum atomic E-state index is 13.9. The van der Waals surface area contributed by atoms with Crippen LogP contribution in [0.5, 0.6) is 0 Å². The fraction of sp³-hybridized carbons (Fsp3) is 0.310. The van der Waals surface area contributed by atoms with Crippen LogP contribution in [-0.4, -0.2) is 55.6 Å². The first-order chi connectivity index (χ1) is 18.5. The lowest BCUT2D eigenvalue weighted by molar-refractivity contribution is -0.141. The van der Waals surface area contributed by atoms with Gasteiger partial charge < -0.3 is 10.2 Å². The predicted octanol–water partition coefficient (Wildman–Crippen LogP) is 5.09. The monoisotopic (exact) mass is 589 g/mol. The Morgan fingerprint density at radius 1 is 0.923 bits per heavy atom. The number of nitrogens with one attached hydrogen (secondary N) is 1. The van der Waals surface area contributed by atoms with Gasteiger partial charge in [0.15, 0.2) is 0 Å². The normalized spacial score (nSPS) is 12.3.